The third-order valence-corrected chi connectivity index (χ3v) is 10.7. The zero-order valence-electron chi connectivity index (χ0n) is 27.7. The van der Waals surface area contributed by atoms with E-state index >= 15 is 0 Å². The van der Waals surface area contributed by atoms with Crippen LogP contribution in [0.1, 0.15) is 69.6 Å². The maximum absolute atomic E-state index is 13.3. The van der Waals surface area contributed by atoms with Gasteiger partial charge in [-0.3, -0.25) is 29.2 Å². The van der Waals surface area contributed by atoms with Gasteiger partial charge in [-0.05, 0) is 68.7 Å². The summed E-state index contributed by atoms with van der Waals surface area (Å²) in [5, 5.41) is 1.67. The molecule has 12 heteroatoms. The Bertz CT molecular complexity index is 1780. The molecule has 10 nitrogen and oxygen atoms in total. The van der Waals surface area contributed by atoms with E-state index < -0.39 is 0 Å². The number of methoxy groups -OCH3 is 1. The number of benzene rings is 3. The highest BCUT2D eigenvalue weighted by Gasteiger charge is 2.34. The monoisotopic (exact) mass is 699 g/mol. The van der Waals surface area contributed by atoms with Gasteiger partial charge >= 0.3 is 0 Å². The van der Waals surface area contributed by atoms with Crippen molar-refractivity contribution in [1.29, 1.82) is 0 Å². The number of piperazine rings is 1. The van der Waals surface area contributed by atoms with Crippen molar-refractivity contribution in [2.75, 3.05) is 53.0 Å². The summed E-state index contributed by atoms with van der Waals surface area (Å²) in [4.78, 5) is 52.3. The van der Waals surface area contributed by atoms with Gasteiger partial charge in [0.25, 0.3) is 17.7 Å². The van der Waals surface area contributed by atoms with Crippen LogP contribution in [0, 0.1) is 0 Å². The third kappa shape index (κ3) is 6.65. The molecule has 3 aromatic carbocycles. The highest BCUT2D eigenvalue weighted by atomic mass is 32.1. The summed E-state index contributed by atoms with van der Waals surface area (Å²) in [5.41, 5.74) is 2.35. The number of carbonyl (C=O) groups excluding carboxylic acids is 3. The van der Waals surface area contributed by atoms with E-state index in [-0.39, 0.29) is 29.8 Å². The van der Waals surface area contributed by atoms with Crippen LogP contribution in [0.3, 0.4) is 0 Å². The second kappa shape index (κ2) is 14.5. The summed E-state index contributed by atoms with van der Waals surface area (Å²) >= 11 is 10.0. The van der Waals surface area contributed by atoms with Crippen molar-refractivity contribution in [2.45, 2.75) is 50.6 Å². The van der Waals surface area contributed by atoms with Crippen LogP contribution in [0.15, 0.2) is 53.5 Å². The number of imide groups is 1. The number of nitrogens with zero attached hydrogens (tertiary/aromatic N) is 5. The highest BCUT2D eigenvalue weighted by molar-refractivity contribution is 8.10. The fourth-order valence-electron chi connectivity index (χ4n) is 7.64. The zero-order valence-corrected chi connectivity index (χ0v) is 29.4. The minimum absolute atomic E-state index is 0.00913. The van der Waals surface area contributed by atoms with E-state index in [1.807, 2.05) is 53.6 Å². The van der Waals surface area contributed by atoms with E-state index in [1.165, 1.54) is 4.90 Å². The number of fused-ring (bicyclic) bond motifs is 2. The number of hydrogen-bond donors (Lipinski definition) is 1. The fourth-order valence-corrected chi connectivity index (χ4v) is 8.15. The first kappa shape index (κ1) is 33.5. The minimum Gasteiger partial charge on any atom is -0.493 e. The van der Waals surface area contributed by atoms with Gasteiger partial charge in [-0.2, -0.15) is 0 Å². The van der Waals surface area contributed by atoms with Crippen molar-refractivity contribution in [3.63, 3.8) is 0 Å². The predicted octanol–water partition coefficient (Wildman–Crippen LogP) is 5.61. The third-order valence-electron chi connectivity index (χ3n) is 10.2. The molecule has 1 unspecified atom stereocenters. The Morgan fingerprint density at radius 3 is 2.43 bits per heavy atom. The number of hydrogen-bond acceptors (Lipinski definition) is 8. The highest BCUT2D eigenvalue weighted by Crippen LogP contribution is 2.38. The van der Waals surface area contributed by atoms with Gasteiger partial charge in [-0.1, -0.05) is 36.5 Å². The molecule has 3 amide bonds. The second-order valence-corrected chi connectivity index (χ2v) is 14.2. The van der Waals surface area contributed by atoms with Crippen LogP contribution < -0.4 is 9.47 Å². The molecule has 0 saturated carbocycles. The number of amides is 3. The molecule has 3 aromatic rings. The first-order chi connectivity index (χ1) is 23.8. The SMILES string of the molecule is COc1cc2c(cc1OCCCCC1CN(CCCN3C(=O)c4cccc5cccc(c45)C3=O)CCN1C(=S)S)N=C[C@@H]1CCCN1C2=O. The minimum atomic E-state index is -0.218. The molecule has 256 valence electrons. The molecular weight excluding hydrogens is 659 g/mol. The Balaban J connectivity index is 0.911. The summed E-state index contributed by atoms with van der Waals surface area (Å²) in [7, 11) is 1.59. The van der Waals surface area contributed by atoms with Crippen LogP contribution in [0.5, 0.6) is 11.5 Å². The Kier molecular flexibility index (Phi) is 9.89. The van der Waals surface area contributed by atoms with Crippen LogP contribution in [0.4, 0.5) is 5.69 Å². The van der Waals surface area contributed by atoms with Gasteiger partial charge in [0.2, 0.25) is 0 Å². The van der Waals surface area contributed by atoms with Gasteiger partial charge < -0.3 is 19.3 Å². The number of rotatable bonds is 11. The number of unbranched alkanes of at least 4 members (excludes halogenated alkanes) is 1. The van der Waals surface area contributed by atoms with Crippen LogP contribution in [0.2, 0.25) is 0 Å². The molecule has 4 aliphatic heterocycles. The molecule has 4 aliphatic rings. The van der Waals surface area contributed by atoms with E-state index in [0.717, 1.165) is 75.6 Å². The molecule has 0 bridgehead atoms. The van der Waals surface area contributed by atoms with Crippen molar-refractivity contribution < 1.29 is 23.9 Å². The lowest BCUT2D eigenvalue weighted by atomic mass is 9.94. The average Bonchev–Trinajstić information content (AvgIpc) is 3.54. The molecule has 2 saturated heterocycles. The first-order valence-electron chi connectivity index (χ1n) is 17.1. The van der Waals surface area contributed by atoms with Gasteiger partial charge in [0.1, 0.15) is 4.32 Å². The summed E-state index contributed by atoms with van der Waals surface area (Å²) < 4.78 is 12.4. The summed E-state index contributed by atoms with van der Waals surface area (Å²) in [6.07, 6.45) is 7.17. The van der Waals surface area contributed by atoms with E-state index in [1.54, 1.807) is 13.2 Å². The number of aliphatic imine (C=N–C) groups is 1. The molecule has 0 N–H and O–H groups in total. The molecule has 0 aromatic heterocycles. The summed E-state index contributed by atoms with van der Waals surface area (Å²) in [5.74, 6) is 0.671. The molecule has 2 atom stereocenters. The maximum atomic E-state index is 13.3. The molecule has 49 heavy (non-hydrogen) atoms. The number of carbonyl (C=O) groups is 3. The van der Waals surface area contributed by atoms with Crippen molar-refractivity contribution in [2.24, 2.45) is 4.99 Å². The van der Waals surface area contributed by atoms with Crippen molar-refractivity contribution in [3.05, 3.63) is 65.2 Å². The lowest BCUT2D eigenvalue weighted by molar-refractivity contribution is 0.0594. The van der Waals surface area contributed by atoms with E-state index in [9.17, 15) is 14.4 Å². The standard InChI is InChI=1S/C37H41N5O5S2/c1-46-31-20-29-30(38-22-25-11-6-15-40(25)36(29)45)21-32(31)47-19-3-2-10-26-23-39(17-18-41(26)37(48)49)14-7-16-42-34(43)27-12-4-8-24-9-5-13-28(33(24)27)35(42)44/h4-5,8-9,12-13,20-22,25-26H,2-3,6-7,10-11,14-19,23H2,1H3,(H,48,49)/t25-,26?/m0/s1. The van der Waals surface area contributed by atoms with Gasteiger partial charge in [0.15, 0.2) is 11.5 Å². The van der Waals surface area contributed by atoms with Crippen LogP contribution in [-0.2, 0) is 0 Å². The molecule has 0 aliphatic carbocycles. The lowest BCUT2D eigenvalue weighted by Gasteiger charge is -2.42. The summed E-state index contributed by atoms with van der Waals surface area (Å²) in [6, 6.07) is 15.1. The van der Waals surface area contributed by atoms with E-state index in [2.05, 4.69) is 27.4 Å². The Morgan fingerprint density at radius 2 is 1.69 bits per heavy atom. The molecule has 2 fully saturated rings. The van der Waals surface area contributed by atoms with Crippen molar-refractivity contribution in [3.8, 4) is 11.5 Å². The van der Waals surface area contributed by atoms with Crippen LogP contribution in [0.25, 0.3) is 10.8 Å². The maximum Gasteiger partial charge on any atom is 0.261 e. The molecule has 7 rings (SSSR count). The molecule has 0 radical (unpaired) electrons. The number of ether oxygens (including phenoxy) is 2. The zero-order chi connectivity index (χ0) is 34.1. The van der Waals surface area contributed by atoms with Gasteiger partial charge in [0, 0.05) is 67.6 Å². The van der Waals surface area contributed by atoms with Gasteiger partial charge in [-0.15, -0.1) is 12.6 Å². The molecular formula is C37H41N5O5S2. The Hall–Kier alpha value is -4.00. The topological polar surface area (TPSA) is 95.0 Å². The Labute approximate surface area is 297 Å². The van der Waals surface area contributed by atoms with Crippen molar-refractivity contribution in [1.82, 2.24) is 19.6 Å². The largest absolute Gasteiger partial charge is 0.493 e. The van der Waals surface area contributed by atoms with Gasteiger partial charge in [0.05, 0.1) is 31.0 Å². The summed E-state index contributed by atoms with van der Waals surface area (Å²) in [6.45, 7) is 4.84. The number of thiocarbonyl (C=S) groups is 1. The first-order valence-corrected chi connectivity index (χ1v) is 18.0. The lowest BCUT2D eigenvalue weighted by Crippen LogP contribution is -2.54. The normalized spacial score (nSPS) is 20.4. The quantitative estimate of drug-likeness (QED) is 0.120. The molecule has 0 spiro atoms. The van der Waals surface area contributed by atoms with Gasteiger partial charge in [-0.25, -0.2) is 0 Å². The second-order valence-electron chi connectivity index (χ2n) is 13.1. The fraction of sp³-hybridized carbons (Fsp3) is 0.432. The Morgan fingerprint density at radius 1 is 0.918 bits per heavy atom. The van der Waals surface area contributed by atoms with E-state index in [0.29, 0.717) is 57.8 Å². The van der Waals surface area contributed by atoms with E-state index in [4.69, 9.17) is 21.7 Å². The smallest absolute Gasteiger partial charge is 0.261 e. The van der Waals surface area contributed by atoms with Crippen LogP contribution in [-0.4, -0.2) is 113 Å². The molecule has 4 heterocycles. The van der Waals surface area contributed by atoms with Crippen LogP contribution >= 0.6 is 24.8 Å². The predicted molar refractivity (Wildman–Crippen MR) is 197 cm³/mol. The average molecular weight is 700 g/mol. The van der Waals surface area contributed by atoms with Crippen molar-refractivity contribution >= 4 is 69.6 Å². The number of thiol groups is 1.